The maximum absolute atomic E-state index is 9.61. The summed E-state index contributed by atoms with van der Waals surface area (Å²) in [5.41, 5.74) is 1.04. The molecule has 18 heavy (non-hydrogen) atoms. The van der Waals surface area contributed by atoms with Crippen molar-refractivity contribution in [2.75, 3.05) is 18.8 Å². The lowest BCUT2D eigenvalue weighted by Crippen LogP contribution is -2.46. The van der Waals surface area contributed by atoms with Gasteiger partial charge in [0.05, 0.1) is 12.2 Å². The molecule has 1 aromatic heterocycles. The van der Waals surface area contributed by atoms with Crippen molar-refractivity contribution in [3.8, 4) is 0 Å². The standard InChI is InChI=1S/C12H19N3O2S/c1-2-18-12-13-5-9(6-14-12)7-15-4-3-10(16)11(17)8-15/h5-6,10-11,16-17H,2-4,7-8H2,1H3/t10-,11-/m1/s1. The summed E-state index contributed by atoms with van der Waals surface area (Å²) in [5, 5.41) is 19.9. The summed E-state index contributed by atoms with van der Waals surface area (Å²) in [4.78, 5) is 10.7. The third-order valence-electron chi connectivity index (χ3n) is 2.99. The van der Waals surface area contributed by atoms with Crippen LogP contribution in [-0.4, -0.2) is 56.1 Å². The highest BCUT2D eigenvalue weighted by Crippen LogP contribution is 2.15. The van der Waals surface area contributed by atoms with E-state index in [0.717, 1.165) is 29.6 Å². The van der Waals surface area contributed by atoms with E-state index in [1.54, 1.807) is 11.8 Å². The first-order chi connectivity index (χ1) is 8.69. The van der Waals surface area contributed by atoms with Crippen LogP contribution in [0.25, 0.3) is 0 Å². The van der Waals surface area contributed by atoms with Crippen LogP contribution in [0.3, 0.4) is 0 Å². The smallest absolute Gasteiger partial charge is 0.187 e. The molecule has 100 valence electrons. The third-order valence-corrected chi connectivity index (χ3v) is 3.75. The lowest BCUT2D eigenvalue weighted by atomic mass is 10.0. The van der Waals surface area contributed by atoms with E-state index in [4.69, 9.17) is 0 Å². The van der Waals surface area contributed by atoms with Gasteiger partial charge in [-0.1, -0.05) is 18.7 Å². The predicted molar refractivity (Wildman–Crippen MR) is 70.3 cm³/mol. The summed E-state index contributed by atoms with van der Waals surface area (Å²) in [6.45, 7) is 4.10. The van der Waals surface area contributed by atoms with E-state index >= 15 is 0 Å². The molecule has 1 aliphatic rings. The fourth-order valence-electron chi connectivity index (χ4n) is 2.01. The molecule has 5 nitrogen and oxygen atoms in total. The highest BCUT2D eigenvalue weighted by Gasteiger charge is 2.25. The maximum Gasteiger partial charge on any atom is 0.187 e. The van der Waals surface area contributed by atoms with Crippen molar-refractivity contribution in [1.29, 1.82) is 0 Å². The highest BCUT2D eigenvalue weighted by molar-refractivity contribution is 7.99. The fourth-order valence-corrected chi connectivity index (χ4v) is 2.53. The molecular formula is C12H19N3O2S. The minimum atomic E-state index is -0.644. The van der Waals surface area contributed by atoms with E-state index in [1.165, 1.54) is 0 Å². The summed E-state index contributed by atoms with van der Waals surface area (Å²) >= 11 is 1.62. The molecular weight excluding hydrogens is 250 g/mol. The van der Waals surface area contributed by atoms with Crippen LogP contribution in [0.2, 0.25) is 0 Å². The second-order valence-electron chi connectivity index (χ2n) is 4.47. The Balaban J connectivity index is 1.89. The van der Waals surface area contributed by atoms with Gasteiger partial charge in [0, 0.05) is 37.6 Å². The number of aliphatic hydroxyl groups is 2. The van der Waals surface area contributed by atoms with E-state index in [-0.39, 0.29) is 0 Å². The molecule has 2 N–H and O–H groups in total. The Hall–Kier alpha value is -0.690. The quantitative estimate of drug-likeness (QED) is 0.613. The second-order valence-corrected chi connectivity index (χ2v) is 5.70. The first kappa shape index (κ1) is 13.7. The first-order valence-electron chi connectivity index (χ1n) is 6.21. The number of piperidine rings is 1. The Bertz CT molecular complexity index is 374. The molecule has 0 saturated carbocycles. The number of aromatic nitrogens is 2. The van der Waals surface area contributed by atoms with E-state index in [9.17, 15) is 10.2 Å². The Morgan fingerprint density at radius 3 is 2.67 bits per heavy atom. The van der Waals surface area contributed by atoms with E-state index < -0.39 is 12.2 Å². The Kier molecular flexibility index (Phi) is 4.94. The van der Waals surface area contributed by atoms with Crippen LogP contribution < -0.4 is 0 Å². The van der Waals surface area contributed by atoms with Crippen molar-refractivity contribution < 1.29 is 10.2 Å². The van der Waals surface area contributed by atoms with Gasteiger partial charge in [0.1, 0.15) is 0 Å². The van der Waals surface area contributed by atoms with Crippen molar-refractivity contribution in [2.24, 2.45) is 0 Å². The van der Waals surface area contributed by atoms with Crippen molar-refractivity contribution in [3.63, 3.8) is 0 Å². The van der Waals surface area contributed by atoms with E-state index in [2.05, 4.69) is 21.8 Å². The van der Waals surface area contributed by atoms with Crippen LogP contribution in [0.5, 0.6) is 0 Å². The van der Waals surface area contributed by atoms with Crippen molar-refractivity contribution >= 4 is 11.8 Å². The number of hydrogen-bond donors (Lipinski definition) is 2. The lowest BCUT2D eigenvalue weighted by molar-refractivity contribution is -0.0404. The van der Waals surface area contributed by atoms with Crippen molar-refractivity contribution in [3.05, 3.63) is 18.0 Å². The SMILES string of the molecule is CCSc1ncc(CN2CC[C@@H](O)[C@H](O)C2)cn1. The number of likely N-dealkylation sites (tertiary alicyclic amines) is 1. The molecule has 0 aromatic carbocycles. The molecule has 0 spiro atoms. The van der Waals surface area contributed by atoms with Gasteiger partial charge in [0.15, 0.2) is 5.16 Å². The fraction of sp³-hybridized carbons (Fsp3) is 0.667. The Labute approximate surface area is 111 Å². The number of aliphatic hydroxyl groups excluding tert-OH is 2. The zero-order valence-corrected chi connectivity index (χ0v) is 11.3. The van der Waals surface area contributed by atoms with Gasteiger partial charge in [-0.3, -0.25) is 4.90 Å². The Morgan fingerprint density at radius 2 is 2.06 bits per heavy atom. The van der Waals surface area contributed by atoms with Gasteiger partial charge < -0.3 is 10.2 Å². The number of thioether (sulfide) groups is 1. The van der Waals surface area contributed by atoms with Gasteiger partial charge >= 0.3 is 0 Å². The molecule has 1 fully saturated rings. The predicted octanol–water partition coefficient (Wildman–Crippen LogP) is 0.516. The van der Waals surface area contributed by atoms with Gasteiger partial charge in [-0.05, 0) is 12.2 Å². The average Bonchev–Trinajstić information content (AvgIpc) is 2.37. The van der Waals surface area contributed by atoms with Crippen LogP contribution in [0.15, 0.2) is 17.6 Å². The van der Waals surface area contributed by atoms with Gasteiger partial charge in [-0.2, -0.15) is 0 Å². The van der Waals surface area contributed by atoms with Crippen LogP contribution in [-0.2, 0) is 6.54 Å². The minimum Gasteiger partial charge on any atom is -0.390 e. The molecule has 2 rings (SSSR count). The monoisotopic (exact) mass is 269 g/mol. The molecule has 0 bridgehead atoms. The zero-order valence-electron chi connectivity index (χ0n) is 10.5. The summed E-state index contributed by atoms with van der Waals surface area (Å²) in [6.07, 6.45) is 3.06. The van der Waals surface area contributed by atoms with Crippen LogP contribution in [0.1, 0.15) is 18.9 Å². The minimum absolute atomic E-state index is 0.507. The molecule has 1 aliphatic heterocycles. The molecule has 0 amide bonds. The molecule has 0 unspecified atom stereocenters. The summed E-state index contributed by atoms with van der Waals surface area (Å²) in [7, 11) is 0. The van der Waals surface area contributed by atoms with Crippen LogP contribution in [0.4, 0.5) is 0 Å². The van der Waals surface area contributed by atoms with E-state index in [0.29, 0.717) is 13.0 Å². The molecule has 2 heterocycles. The maximum atomic E-state index is 9.61. The second kappa shape index (κ2) is 6.47. The van der Waals surface area contributed by atoms with Crippen LogP contribution >= 0.6 is 11.8 Å². The van der Waals surface area contributed by atoms with E-state index in [1.807, 2.05) is 12.4 Å². The lowest BCUT2D eigenvalue weighted by Gasteiger charge is -2.33. The zero-order chi connectivity index (χ0) is 13.0. The molecule has 1 saturated heterocycles. The summed E-state index contributed by atoms with van der Waals surface area (Å²) in [6, 6.07) is 0. The molecule has 6 heteroatoms. The topological polar surface area (TPSA) is 69.5 Å². The molecule has 0 radical (unpaired) electrons. The first-order valence-corrected chi connectivity index (χ1v) is 7.19. The van der Waals surface area contributed by atoms with Gasteiger partial charge in [0.2, 0.25) is 0 Å². The summed E-state index contributed by atoms with van der Waals surface area (Å²) in [5.74, 6) is 0.968. The molecule has 1 aromatic rings. The number of β-amino-alcohol motifs (C(OH)–C–C–N with tert-alkyl or cyclic N) is 1. The normalized spacial score (nSPS) is 25.3. The van der Waals surface area contributed by atoms with Gasteiger partial charge in [-0.15, -0.1) is 0 Å². The summed E-state index contributed by atoms with van der Waals surface area (Å²) < 4.78 is 0. The van der Waals surface area contributed by atoms with Crippen LogP contribution in [0, 0.1) is 0 Å². The van der Waals surface area contributed by atoms with Gasteiger partial charge in [-0.25, -0.2) is 9.97 Å². The Morgan fingerprint density at radius 1 is 1.33 bits per heavy atom. The molecule has 2 atom stereocenters. The number of nitrogens with zero attached hydrogens (tertiary/aromatic N) is 3. The number of hydrogen-bond acceptors (Lipinski definition) is 6. The third kappa shape index (κ3) is 3.65. The van der Waals surface area contributed by atoms with Crippen molar-refractivity contribution in [2.45, 2.75) is 37.3 Å². The van der Waals surface area contributed by atoms with Crippen molar-refractivity contribution in [1.82, 2.24) is 14.9 Å². The average molecular weight is 269 g/mol. The highest BCUT2D eigenvalue weighted by atomic mass is 32.2. The van der Waals surface area contributed by atoms with Gasteiger partial charge in [0.25, 0.3) is 0 Å². The largest absolute Gasteiger partial charge is 0.390 e. The molecule has 0 aliphatic carbocycles. The number of rotatable bonds is 4.